The van der Waals surface area contributed by atoms with Gasteiger partial charge in [-0.2, -0.15) is 4.98 Å². The van der Waals surface area contributed by atoms with Gasteiger partial charge in [0.15, 0.2) is 17.3 Å². The number of nitrogens with two attached hydrogens (primary N) is 1. The van der Waals surface area contributed by atoms with Crippen LogP contribution in [0.2, 0.25) is 0 Å². The van der Waals surface area contributed by atoms with Gasteiger partial charge in [-0.25, -0.2) is 0 Å². The van der Waals surface area contributed by atoms with E-state index in [1.807, 2.05) is 6.92 Å². The van der Waals surface area contributed by atoms with Crippen molar-refractivity contribution in [3.63, 3.8) is 0 Å². The summed E-state index contributed by atoms with van der Waals surface area (Å²) in [5.74, 6) is 2.42. The Kier molecular flexibility index (Phi) is 4.64. The highest BCUT2D eigenvalue weighted by Crippen LogP contribution is 2.43. The lowest BCUT2D eigenvalue weighted by Gasteiger charge is -2.13. The maximum Gasteiger partial charge on any atom is 0.261 e. The molecule has 1 unspecified atom stereocenters. The Balaban J connectivity index is 2.46. The summed E-state index contributed by atoms with van der Waals surface area (Å²) in [4.78, 5) is 4.33. The minimum absolute atomic E-state index is 0.0391. The lowest BCUT2D eigenvalue weighted by Crippen LogP contribution is -2.18. The van der Waals surface area contributed by atoms with E-state index in [9.17, 15) is 0 Å². The molecule has 0 aliphatic carbocycles. The third-order valence-corrected chi connectivity index (χ3v) is 2.91. The van der Waals surface area contributed by atoms with Crippen LogP contribution in [0.4, 0.5) is 0 Å². The van der Waals surface area contributed by atoms with Crippen molar-refractivity contribution in [2.75, 3.05) is 21.3 Å². The van der Waals surface area contributed by atoms with Gasteiger partial charge < -0.3 is 24.5 Å². The third-order valence-electron chi connectivity index (χ3n) is 2.91. The lowest BCUT2D eigenvalue weighted by molar-refractivity contribution is 0.324. The average Bonchev–Trinajstić information content (AvgIpc) is 2.92. The van der Waals surface area contributed by atoms with Gasteiger partial charge in [-0.15, -0.1) is 0 Å². The van der Waals surface area contributed by atoms with Crippen LogP contribution >= 0.6 is 0 Å². The van der Waals surface area contributed by atoms with Gasteiger partial charge >= 0.3 is 0 Å². The van der Waals surface area contributed by atoms with Crippen molar-refractivity contribution in [1.29, 1.82) is 0 Å². The number of rotatable bonds is 6. The van der Waals surface area contributed by atoms with Crippen molar-refractivity contribution in [3.05, 3.63) is 18.0 Å². The second kappa shape index (κ2) is 6.45. The number of nitrogens with zero attached hydrogens (tertiary/aromatic N) is 2. The van der Waals surface area contributed by atoms with Crippen molar-refractivity contribution in [2.45, 2.75) is 19.4 Å². The fraction of sp³-hybridized carbons (Fsp3) is 0.429. The van der Waals surface area contributed by atoms with Crippen molar-refractivity contribution in [3.8, 4) is 28.7 Å². The monoisotopic (exact) mass is 293 g/mol. The molecule has 2 N–H and O–H groups in total. The molecule has 7 nitrogen and oxygen atoms in total. The van der Waals surface area contributed by atoms with Gasteiger partial charge in [-0.3, -0.25) is 0 Å². The third kappa shape index (κ3) is 3.08. The van der Waals surface area contributed by atoms with Crippen LogP contribution in [0.25, 0.3) is 11.5 Å². The molecule has 0 aliphatic heterocycles. The molecule has 1 aromatic carbocycles. The van der Waals surface area contributed by atoms with Gasteiger partial charge in [-0.1, -0.05) is 5.16 Å². The Morgan fingerprint density at radius 1 is 1.14 bits per heavy atom. The minimum Gasteiger partial charge on any atom is -0.493 e. The van der Waals surface area contributed by atoms with Crippen molar-refractivity contribution < 1.29 is 18.7 Å². The molecule has 0 saturated carbocycles. The highest BCUT2D eigenvalue weighted by Gasteiger charge is 2.21. The summed E-state index contributed by atoms with van der Waals surface area (Å²) in [6.07, 6.45) is 0.541. The SMILES string of the molecule is COc1ccc(-c2nc(CC(C)N)no2)c(OC)c1OC. The van der Waals surface area contributed by atoms with Gasteiger partial charge in [0.2, 0.25) is 5.75 Å². The predicted molar refractivity (Wildman–Crippen MR) is 76.7 cm³/mol. The maximum absolute atomic E-state index is 5.73. The summed E-state index contributed by atoms with van der Waals surface area (Å²) in [7, 11) is 4.64. The van der Waals surface area contributed by atoms with Crippen LogP contribution in [0.15, 0.2) is 16.7 Å². The van der Waals surface area contributed by atoms with Crippen LogP contribution in [0, 0.1) is 0 Å². The highest BCUT2D eigenvalue weighted by molar-refractivity contribution is 5.71. The maximum atomic E-state index is 5.73. The number of methoxy groups -OCH3 is 3. The molecule has 0 saturated heterocycles. The number of benzene rings is 1. The molecule has 0 amide bonds. The first-order valence-corrected chi connectivity index (χ1v) is 6.48. The van der Waals surface area contributed by atoms with E-state index < -0.39 is 0 Å². The van der Waals surface area contributed by atoms with Gasteiger partial charge in [0, 0.05) is 12.5 Å². The molecule has 2 rings (SSSR count). The van der Waals surface area contributed by atoms with E-state index in [-0.39, 0.29) is 6.04 Å². The second-order valence-electron chi connectivity index (χ2n) is 4.58. The fourth-order valence-electron chi connectivity index (χ4n) is 2.00. The molecule has 0 aliphatic rings. The van der Waals surface area contributed by atoms with E-state index in [4.69, 9.17) is 24.5 Å². The number of hydrogen-bond donors (Lipinski definition) is 1. The molecule has 7 heteroatoms. The van der Waals surface area contributed by atoms with Crippen LogP contribution in [0.5, 0.6) is 17.2 Å². The molecule has 114 valence electrons. The van der Waals surface area contributed by atoms with E-state index in [0.717, 1.165) is 0 Å². The van der Waals surface area contributed by atoms with Gasteiger partial charge in [0.05, 0.1) is 26.9 Å². The Morgan fingerprint density at radius 2 is 1.86 bits per heavy atom. The Hall–Kier alpha value is -2.28. The minimum atomic E-state index is -0.0391. The Labute approximate surface area is 123 Å². The van der Waals surface area contributed by atoms with Crippen LogP contribution in [0.1, 0.15) is 12.7 Å². The molecule has 2 aromatic rings. The quantitative estimate of drug-likeness (QED) is 0.865. The lowest BCUT2D eigenvalue weighted by atomic mass is 10.1. The summed E-state index contributed by atoms with van der Waals surface area (Å²) in [5.41, 5.74) is 6.37. The summed E-state index contributed by atoms with van der Waals surface area (Å²) in [6.45, 7) is 1.88. The normalized spacial score (nSPS) is 12.0. The highest BCUT2D eigenvalue weighted by atomic mass is 16.5. The molecule has 0 spiro atoms. The number of hydrogen-bond acceptors (Lipinski definition) is 7. The zero-order valence-corrected chi connectivity index (χ0v) is 12.5. The summed E-state index contributed by atoms with van der Waals surface area (Å²) in [5, 5.41) is 3.91. The number of ether oxygens (including phenoxy) is 3. The van der Waals surface area contributed by atoms with E-state index in [2.05, 4.69) is 10.1 Å². The largest absolute Gasteiger partial charge is 0.493 e. The van der Waals surface area contributed by atoms with E-state index >= 15 is 0 Å². The topological polar surface area (TPSA) is 92.6 Å². The second-order valence-corrected chi connectivity index (χ2v) is 4.58. The van der Waals surface area contributed by atoms with E-state index in [1.54, 1.807) is 33.5 Å². The standard InChI is InChI=1S/C14H19N3O4/c1-8(15)7-11-16-14(21-17-11)9-5-6-10(18-2)13(20-4)12(9)19-3/h5-6,8H,7,15H2,1-4H3. The number of aromatic nitrogens is 2. The van der Waals surface area contributed by atoms with Crippen molar-refractivity contribution in [2.24, 2.45) is 5.73 Å². The Morgan fingerprint density at radius 3 is 2.43 bits per heavy atom. The van der Waals surface area contributed by atoms with Crippen molar-refractivity contribution in [1.82, 2.24) is 10.1 Å². The van der Waals surface area contributed by atoms with Crippen LogP contribution in [-0.4, -0.2) is 37.5 Å². The molecule has 21 heavy (non-hydrogen) atoms. The molecular weight excluding hydrogens is 274 g/mol. The summed E-state index contributed by atoms with van der Waals surface area (Å²) >= 11 is 0. The Bertz CT molecular complexity index is 610. The summed E-state index contributed by atoms with van der Waals surface area (Å²) in [6, 6.07) is 3.50. The first-order valence-electron chi connectivity index (χ1n) is 6.48. The summed E-state index contributed by atoms with van der Waals surface area (Å²) < 4.78 is 21.2. The fourth-order valence-corrected chi connectivity index (χ4v) is 2.00. The molecule has 0 bridgehead atoms. The van der Waals surface area contributed by atoms with Gasteiger partial charge in [0.25, 0.3) is 5.89 Å². The molecule has 1 aromatic heterocycles. The van der Waals surface area contributed by atoms with Crippen LogP contribution < -0.4 is 19.9 Å². The van der Waals surface area contributed by atoms with E-state index in [0.29, 0.717) is 40.9 Å². The molecular formula is C14H19N3O4. The molecule has 1 atom stereocenters. The molecule has 1 heterocycles. The molecule has 0 radical (unpaired) electrons. The zero-order valence-electron chi connectivity index (χ0n) is 12.5. The average molecular weight is 293 g/mol. The molecule has 0 fully saturated rings. The predicted octanol–water partition coefficient (Wildman–Crippen LogP) is 1.65. The van der Waals surface area contributed by atoms with Crippen molar-refractivity contribution >= 4 is 0 Å². The van der Waals surface area contributed by atoms with Gasteiger partial charge in [0.1, 0.15) is 0 Å². The van der Waals surface area contributed by atoms with Crippen LogP contribution in [0.3, 0.4) is 0 Å². The zero-order chi connectivity index (χ0) is 15.4. The first kappa shape index (κ1) is 15.1. The van der Waals surface area contributed by atoms with Crippen LogP contribution in [-0.2, 0) is 6.42 Å². The van der Waals surface area contributed by atoms with E-state index in [1.165, 1.54) is 0 Å². The smallest absolute Gasteiger partial charge is 0.261 e. The first-order chi connectivity index (χ1) is 10.1. The van der Waals surface area contributed by atoms with Gasteiger partial charge in [-0.05, 0) is 19.1 Å².